The summed E-state index contributed by atoms with van der Waals surface area (Å²) >= 11 is 0. The Hall–Kier alpha value is -2.54. The molecule has 2 N–H and O–H groups in total. The van der Waals surface area contributed by atoms with Gasteiger partial charge in [0.25, 0.3) is 0 Å². The number of hydrogen-bond donors (Lipinski definition) is 2. The number of hydrogen-bond acceptors (Lipinski definition) is 4. The van der Waals surface area contributed by atoms with Crippen LogP contribution in [0.25, 0.3) is 0 Å². The van der Waals surface area contributed by atoms with E-state index >= 15 is 0 Å². The van der Waals surface area contributed by atoms with Gasteiger partial charge < -0.3 is 20.1 Å². The van der Waals surface area contributed by atoms with Crippen molar-refractivity contribution in [2.45, 2.75) is 37.7 Å². The number of ether oxygens (including phenoxy) is 2. The lowest BCUT2D eigenvalue weighted by Crippen LogP contribution is -2.30. The number of anilines is 1. The number of amides is 2. The van der Waals surface area contributed by atoms with Crippen LogP contribution < -0.4 is 20.1 Å². The van der Waals surface area contributed by atoms with E-state index in [1.54, 1.807) is 14.2 Å². The largest absolute Gasteiger partial charge is 0.493 e. The number of urea groups is 1. The Bertz CT molecular complexity index is 862. The topological polar surface area (TPSA) is 76.7 Å². The molecule has 0 saturated carbocycles. The summed E-state index contributed by atoms with van der Waals surface area (Å²) in [5.41, 5.74) is 2.65. The first-order valence-corrected chi connectivity index (χ1v) is 10.8. The van der Waals surface area contributed by atoms with Gasteiger partial charge in [-0.25, -0.2) is 4.79 Å². The van der Waals surface area contributed by atoms with Gasteiger partial charge in [-0.3, -0.25) is 4.21 Å². The fourth-order valence-corrected chi connectivity index (χ4v) is 3.55. The number of benzene rings is 2. The van der Waals surface area contributed by atoms with Crippen LogP contribution in [0.1, 0.15) is 31.9 Å². The van der Waals surface area contributed by atoms with Gasteiger partial charge in [0.15, 0.2) is 11.5 Å². The fourth-order valence-electron chi connectivity index (χ4n) is 2.64. The quantitative estimate of drug-likeness (QED) is 0.676. The first-order chi connectivity index (χ1) is 13.7. The van der Waals surface area contributed by atoms with Gasteiger partial charge in [0.2, 0.25) is 0 Å². The molecule has 0 aliphatic heterocycles. The first kappa shape index (κ1) is 22.7. The second kappa shape index (κ2) is 10.3. The highest BCUT2D eigenvalue weighted by Gasteiger charge is 2.19. The van der Waals surface area contributed by atoms with Crippen molar-refractivity contribution in [3.8, 4) is 11.5 Å². The third-order valence-corrected chi connectivity index (χ3v) is 6.27. The Morgan fingerprint density at radius 3 is 2.38 bits per heavy atom. The summed E-state index contributed by atoms with van der Waals surface area (Å²) < 4.78 is 22.6. The second-order valence-corrected chi connectivity index (χ2v) is 9.83. The van der Waals surface area contributed by atoms with Gasteiger partial charge in [0.05, 0.1) is 14.2 Å². The molecule has 2 rings (SSSR count). The zero-order valence-corrected chi connectivity index (χ0v) is 18.5. The molecule has 0 saturated heterocycles. The lowest BCUT2D eigenvalue weighted by molar-refractivity contribution is 0.252. The Morgan fingerprint density at radius 2 is 1.72 bits per heavy atom. The molecule has 6 nitrogen and oxygen atoms in total. The molecule has 158 valence electrons. The first-order valence-electron chi connectivity index (χ1n) is 9.46. The van der Waals surface area contributed by atoms with Crippen molar-refractivity contribution in [2.24, 2.45) is 0 Å². The van der Waals surface area contributed by atoms with E-state index in [-0.39, 0.29) is 10.8 Å². The van der Waals surface area contributed by atoms with E-state index < -0.39 is 10.8 Å². The van der Waals surface area contributed by atoms with E-state index in [1.165, 1.54) is 0 Å². The van der Waals surface area contributed by atoms with Crippen LogP contribution in [0.15, 0.2) is 42.5 Å². The maximum atomic E-state index is 12.3. The van der Waals surface area contributed by atoms with Gasteiger partial charge in [-0.1, -0.05) is 18.2 Å². The zero-order chi connectivity index (χ0) is 21.4. The third kappa shape index (κ3) is 7.09. The van der Waals surface area contributed by atoms with E-state index in [0.717, 1.165) is 11.1 Å². The molecular weight excluding hydrogens is 388 g/mol. The summed E-state index contributed by atoms with van der Waals surface area (Å²) in [5, 5.41) is 5.68. The second-order valence-electron chi connectivity index (χ2n) is 7.62. The smallest absolute Gasteiger partial charge is 0.319 e. The zero-order valence-electron chi connectivity index (χ0n) is 17.7. The molecule has 0 bridgehead atoms. The lowest BCUT2D eigenvalue weighted by atomic mass is 10.1. The normalized spacial score (nSPS) is 12.2. The molecule has 0 aromatic heterocycles. The Kier molecular flexibility index (Phi) is 8.08. The van der Waals surface area contributed by atoms with Crippen LogP contribution >= 0.6 is 0 Å². The van der Waals surface area contributed by atoms with Crippen molar-refractivity contribution in [2.75, 3.05) is 26.1 Å². The van der Waals surface area contributed by atoms with Gasteiger partial charge >= 0.3 is 6.03 Å². The van der Waals surface area contributed by atoms with Crippen LogP contribution in [-0.2, 0) is 23.0 Å². The van der Waals surface area contributed by atoms with Gasteiger partial charge in [0.1, 0.15) is 0 Å². The molecular formula is C22H30N2O4S. The summed E-state index contributed by atoms with van der Waals surface area (Å²) in [6.45, 7) is 6.35. The number of carbonyl (C=O) groups excluding carboxylic acids is 1. The standard InChI is InChI=1S/C22H30N2O4S/c1-22(2,3)29(26)15-17-7-6-8-18(13-17)24-21(25)23-12-11-16-9-10-19(27-4)20(14-16)28-5/h6-10,13-14H,11-12,15H2,1-5H3,(H2,23,24,25). The molecule has 1 unspecified atom stereocenters. The maximum absolute atomic E-state index is 12.3. The van der Waals surface area contributed by atoms with E-state index in [1.807, 2.05) is 63.2 Å². The highest BCUT2D eigenvalue weighted by atomic mass is 32.2. The lowest BCUT2D eigenvalue weighted by Gasteiger charge is -2.18. The van der Waals surface area contributed by atoms with E-state index in [4.69, 9.17) is 9.47 Å². The molecule has 29 heavy (non-hydrogen) atoms. The highest BCUT2D eigenvalue weighted by molar-refractivity contribution is 7.85. The summed E-state index contributed by atoms with van der Waals surface area (Å²) in [7, 11) is 2.20. The minimum absolute atomic E-state index is 0.273. The van der Waals surface area contributed by atoms with Crippen molar-refractivity contribution in [1.82, 2.24) is 5.32 Å². The molecule has 0 aliphatic rings. The number of methoxy groups -OCH3 is 2. The van der Waals surface area contributed by atoms with Crippen LogP contribution in [0.3, 0.4) is 0 Å². The van der Waals surface area contributed by atoms with Crippen LogP contribution in [-0.4, -0.2) is 35.8 Å². The van der Waals surface area contributed by atoms with Crippen molar-refractivity contribution >= 4 is 22.5 Å². The molecule has 0 fully saturated rings. The van der Waals surface area contributed by atoms with E-state index in [2.05, 4.69) is 10.6 Å². The van der Waals surface area contributed by atoms with Crippen molar-refractivity contribution in [3.63, 3.8) is 0 Å². The third-order valence-electron chi connectivity index (χ3n) is 4.31. The number of nitrogens with one attached hydrogen (secondary N) is 2. The monoisotopic (exact) mass is 418 g/mol. The predicted molar refractivity (Wildman–Crippen MR) is 118 cm³/mol. The summed E-state index contributed by atoms with van der Waals surface area (Å²) in [6, 6.07) is 12.9. The average Bonchev–Trinajstić information content (AvgIpc) is 2.67. The van der Waals surface area contributed by atoms with E-state index in [0.29, 0.717) is 35.9 Å². The Morgan fingerprint density at radius 1 is 1.00 bits per heavy atom. The summed E-state index contributed by atoms with van der Waals surface area (Å²) in [4.78, 5) is 12.2. The van der Waals surface area contributed by atoms with Crippen LogP contribution in [0, 0.1) is 0 Å². The van der Waals surface area contributed by atoms with Crippen molar-refractivity contribution in [3.05, 3.63) is 53.6 Å². The molecule has 2 aromatic carbocycles. The fraction of sp³-hybridized carbons (Fsp3) is 0.409. The van der Waals surface area contributed by atoms with Crippen molar-refractivity contribution in [1.29, 1.82) is 0 Å². The van der Waals surface area contributed by atoms with E-state index in [9.17, 15) is 9.00 Å². The predicted octanol–water partition coefficient (Wildman–Crippen LogP) is 4.12. The minimum atomic E-state index is -0.988. The molecule has 0 heterocycles. The molecule has 0 aliphatic carbocycles. The van der Waals surface area contributed by atoms with Crippen LogP contribution in [0.5, 0.6) is 11.5 Å². The number of carbonyl (C=O) groups is 1. The Balaban J connectivity index is 1.87. The minimum Gasteiger partial charge on any atom is -0.493 e. The molecule has 0 radical (unpaired) electrons. The average molecular weight is 419 g/mol. The SMILES string of the molecule is COc1ccc(CCNC(=O)Nc2cccc(CS(=O)C(C)(C)C)c2)cc1OC. The summed E-state index contributed by atoms with van der Waals surface area (Å²) in [6.07, 6.45) is 0.665. The van der Waals surface area contributed by atoms with Crippen LogP contribution in [0.2, 0.25) is 0 Å². The van der Waals surface area contributed by atoms with Gasteiger partial charge in [-0.2, -0.15) is 0 Å². The van der Waals surface area contributed by atoms with Crippen molar-refractivity contribution < 1.29 is 18.5 Å². The Labute approximate surface area is 175 Å². The number of rotatable bonds is 8. The van der Waals surface area contributed by atoms with Gasteiger partial charge in [-0.05, 0) is 62.6 Å². The maximum Gasteiger partial charge on any atom is 0.319 e. The van der Waals surface area contributed by atoms with Gasteiger partial charge in [-0.15, -0.1) is 0 Å². The van der Waals surface area contributed by atoms with Crippen LogP contribution in [0.4, 0.5) is 10.5 Å². The molecule has 0 spiro atoms. The molecule has 1 atom stereocenters. The highest BCUT2D eigenvalue weighted by Crippen LogP contribution is 2.27. The molecule has 7 heteroatoms. The van der Waals surface area contributed by atoms with Gasteiger partial charge in [0, 0.05) is 33.5 Å². The molecule has 2 aromatic rings. The summed E-state index contributed by atoms with van der Waals surface area (Å²) in [5.74, 6) is 1.80. The molecule has 2 amide bonds.